The summed E-state index contributed by atoms with van der Waals surface area (Å²) < 4.78 is 28.4. The number of hydrogen-bond acceptors (Lipinski definition) is 3. The first kappa shape index (κ1) is 15.7. The van der Waals surface area contributed by atoms with Gasteiger partial charge >= 0.3 is 0 Å². The summed E-state index contributed by atoms with van der Waals surface area (Å²) >= 11 is 0. The second-order valence-electron chi connectivity index (χ2n) is 5.84. The van der Waals surface area contributed by atoms with Crippen LogP contribution in [0.3, 0.4) is 0 Å². The minimum atomic E-state index is -3.35. The number of piperidine rings is 1. The maximum absolute atomic E-state index is 12.1. The number of carbonyl (C=O) groups excluding carboxylic acids is 1. The molecule has 0 aromatic carbocycles. The SMILES string of the molecule is CC1CCCN(S(=O)(=O)NCCCN2CCCC2=O)C1. The van der Waals surface area contributed by atoms with Crippen molar-refractivity contribution in [2.24, 2.45) is 5.92 Å². The maximum atomic E-state index is 12.1. The van der Waals surface area contributed by atoms with Gasteiger partial charge in [0.25, 0.3) is 10.2 Å². The third kappa shape index (κ3) is 4.17. The van der Waals surface area contributed by atoms with Crippen LogP contribution in [0.4, 0.5) is 0 Å². The van der Waals surface area contributed by atoms with E-state index in [1.165, 1.54) is 0 Å². The first-order valence-corrected chi connectivity index (χ1v) is 8.95. The molecule has 1 atom stereocenters. The molecule has 2 fully saturated rings. The zero-order valence-electron chi connectivity index (χ0n) is 12.2. The molecule has 0 bridgehead atoms. The van der Waals surface area contributed by atoms with Crippen LogP contribution in [0.25, 0.3) is 0 Å². The predicted octanol–water partition coefficient (Wildman–Crippen LogP) is 0.565. The van der Waals surface area contributed by atoms with Gasteiger partial charge in [-0.15, -0.1) is 0 Å². The number of hydrogen-bond donors (Lipinski definition) is 1. The standard InChI is InChI=1S/C13H25N3O3S/c1-12-5-2-10-16(11-12)20(18,19)14-7-4-9-15-8-3-6-13(15)17/h12,14H,2-11H2,1H3. The van der Waals surface area contributed by atoms with Gasteiger partial charge in [0.05, 0.1) is 0 Å². The van der Waals surface area contributed by atoms with E-state index in [2.05, 4.69) is 11.6 Å². The monoisotopic (exact) mass is 303 g/mol. The first-order chi connectivity index (χ1) is 9.49. The van der Waals surface area contributed by atoms with Crippen molar-refractivity contribution in [3.8, 4) is 0 Å². The Balaban J connectivity index is 1.71. The lowest BCUT2D eigenvalue weighted by atomic mass is 10.0. The van der Waals surface area contributed by atoms with Crippen LogP contribution in [0.2, 0.25) is 0 Å². The first-order valence-electron chi connectivity index (χ1n) is 7.51. The van der Waals surface area contributed by atoms with Gasteiger partial charge in [-0.3, -0.25) is 4.79 Å². The highest BCUT2D eigenvalue weighted by Gasteiger charge is 2.26. The minimum absolute atomic E-state index is 0.192. The normalized spacial score (nSPS) is 25.4. The van der Waals surface area contributed by atoms with Gasteiger partial charge in [-0.05, 0) is 31.6 Å². The molecule has 2 aliphatic rings. The number of nitrogens with one attached hydrogen (secondary N) is 1. The molecule has 0 aromatic rings. The molecule has 0 aromatic heterocycles. The van der Waals surface area contributed by atoms with Gasteiger partial charge in [0, 0.05) is 39.1 Å². The molecular formula is C13H25N3O3S. The molecule has 0 spiro atoms. The summed E-state index contributed by atoms with van der Waals surface area (Å²) in [5.41, 5.74) is 0. The van der Waals surface area contributed by atoms with Crippen molar-refractivity contribution in [2.45, 2.75) is 39.0 Å². The van der Waals surface area contributed by atoms with E-state index in [-0.39, 0.29) is 5.91 Å². The molecule has 116 valence electrons. The molecule has 0 aliphatic carbocycles. The fraction of sp³-hybridized carbons (Fsp3) is 0.923. The second-order valence-corrected chi connectivity index (χ2v) is 7.60. The summed E-state index contributed by atoms with van der Waals surface area (Å²) in [4.78, 5) is 13.2. The van der Waals surface area contributed by atoms with Gasteiger partial charge in [0.1, 0.15) is 0 Å². The summed E-state index contributed by atoms with van der Waals surface area (Å²) in [5, 5.41) is 0. The lowest BCUT2D eigenvalue weighted by molar-refractivity contribution is -0.127. The van der Waals surface area contributed by atoms with Gasteiger partial charge in [-0.1, -0.05) is 6.92 Å². The number of nitrogens with zero attached hydrogens (tertiary/aromatic N) is 2. The summed E-state index contributed by atoms with van der Waals surface area (Å²) in [7, 11) is -3.35. The topological polar surface area (TPSA) is 69.7 Å². The second kappa shape index (κ2) is 6.87. The van der Waals surface area contributed by atoms with E-state index in [1.807, 2.05) is 4.90 Å². The highest BCUT2D eigenvalue weighted by atomic mass is 32.2. The fourth-order valence-electron chi connectivity index (χ4n) is 2.87. The van der Waals surface area contributed by atoms with E-state index in [1.54, 1.807) is 4.31 Å². The van der Waals surface area contributed by atoms with E-state index >= 15 is 0 Å². The molecule has 2 saturated heterocycles. The smallest absolute Gasteiger partial charge is 0.279 e. The maximum Gasteiger partial charge on any atom is 0.279 e. The van der Waals surface area contributed by atoms with E-state index < -0.39 is 10.2 Å². The molecular weight excluding hydrogens is 278 g/mol. The molecule has 6 nitrogen and oxygen atoms in total. The molecule has 1 unspecified atom stereocenters. The average molecular weight is 303 g/mol. The van der Waals surface area contributed by atoms with Gasteiger partial charge in [0.2, 0.25) is 5.91 Å². The number of carbonyl (C=O) groups is 1. The van der Waals surface area contributed by atoms with E-state index in [4.69, 9.17) is 0 Å². The van der Waals surface area contributed by atoms with Gasteiger partial charge in [0.15, 0.2) is 0 Å². The summed E-state index contributed by atoms with van der Waals surface area (Å²) in [6, 6.07) is 0. The fourth-order valence-corrected chi connectivity index (χ4v) is 4.27. The van der Waals surface area contributed by atoms with Gasteiger partial charge < -0.3 is 4.90 Å². The molecule has 2 rings (SSSR count). The molecule has 0 saturated carbocycles. The zero-order chi connectivity index (χ0) is 14.6. The molecule has 1 N–H and O–H groups in total. The van der Waals surface area contributed by atoms with Crippen molar-refractivity contribution in [1.29, 1.82) is 0 Å². The number of likely N-dealkylation sites (tertiary alicyclic amines) is 1. The summed E-state index contributed by atoms with van der Waals surface area (Å²) in [6.07, 6.45) is 4.27. The Morgan fingerprint density at radius 2 is 2.10 bits per heavy atom. The highest BCUT2D eigenvalue weighted by Crippen LogP contribution is 2.17. The van der Waals surface area contributed by atoms with Gasteiger partial charge in [-0.25, -0.2) is 4.72 Å². The molecule has 7 heteroatoms. The van der Waals surface area contributed by atoms with Crippen molar-refractivity contribution in [1.82, 2.24) is 13.9 Å². The molecule has 1 amide bonds. The van der Waals surface area contributed by atoms with Crippen molar-refractivity contribution < 1.29 is 13.2 Å². The molecule has 20 heavy (non-hydrogen) atoms. The Bertz CT molecular complexity index is 438. The Kier molecular flexibility index (Phi) is 5.40. The van der Waals surface area contributed by atoms with Crippen molar-refractivity contribution in [3.05, 3.63) is 0 Å². The molecule has 0 radical (unpaired) electrons. The Hall–Kier alpha value is -0.660. The Morgan fingerprint density at radius 1 is 1.30 bits per heavy atom. The van der Waals surface area contributed by atoms with Crippen LogP contribution < -0.4 is 4.72 Å². The largest absolute Gasteiger partial charge is 0.343 e. The van der Waals surface area contributed by atoms with E-state index in [9.17, 15) is 13.2 Å². The number of rotatable bonds is 6. The van der Waals surface area contributed by atoms with Crippen molar-refractivity contribution in [2.75, 3.05) is 32.7 Å². The van der Waals surface area contributed by atoms with Crippen LogP contribution in [-0.4, -0.2) is 56.3 Å². The van der Waals surface area contributed by atoms with Crippen molar-refractivity contribution in [3.63, 3.8) is 0 Å². The predicted molar refractivity (Wildman–Crippen MR) is 77.3 cm³/mol. The quantitative estimate of drug-likeness (QED) is 0.729. The van der Waals surface area contributed by atoms with Crippen molar-refractivity contribution >= 4 is 16.1 Å². The average Bonchev–Trinajstić information content (AvgIpc) is 2.80. The highest BCUT2D eigenvalue weighted by molar-refractivity contribution is 7.87. The third-order valence-corrected chi connectivity index (χ3v) is 5.60. The van der Waals surface area contributed by atoms with Crippen LogP contribution >= 0.6 is 0 Å². The Labute approximate surface area is 121 Å². The third-order valence-electron chi connectivity index (χ3n) is 4.02. The molecule has 2 aliphatic heterocycles. The van der Waals surface area contributed by atoms with E-state index in [0.29, 0.717) is 44.9 Å². The van der Waals surface area contributed by atoms with Gasteiger partial charge in [-0.2, -0.15) is 12.7 Å². The lowest BCUT2D eigenvalue weighted by Gasteiger charge is -2.30. The van der Waals surface area contributed by atoms with Crippen LogP contribution in [0.1, 0.15) is 39.0 Å². The zero-order valence-corrected chi connectivity index (χ0v) is 13.0. The van der Waals surface area contributed by atoms with Crippen LogP contribution in [-0.2, 0) is 15.0 Å². The number of amides is 1. The minimum Gasteiger partial charge on any atom is -0.343 e. The lowest BCUT2D eigenvalue weighted by Crippen LogP contribution is -2.46. The van der Waals surface area contributed by atoms with Crippen LogP contribution in [0.5, 0.6) is 0 Å². The van der Waals surface area contributed by atoms with E-state index in [0.717, 1.165) is 25.8 Å². The summed E-state index contributed by atoms with van der Waals surface area (Å²) in [5.74, 6) is 0.625. The van der Waals surface area contributed by atoms with Crippen LogP contribution in [0, 0.1) is 5.92 Å². The summed E-state index contributed by atoms with van der Waals surface area (Å²) in [6.45, 7) is 5.18. The Morgan fingerprint density at radius 3 is 2.75 bits per heavy atom. The molecule has 2 heterocycles. The van der Waals surface area contributed by atoms with Crippen LogP contribution in [0.15, 0.2) is 0 Å².